The van der Waals surface area contributed by atoms with Gasteiger partial charge in [0.05, 0.1) is 0 Å². The molecule has 0 aliphatic heterocycles. The molecule has 0 heterocycles. The molecule has 1 aromatic carbocycles. The number of aryl methyl sites for hydroxylation is 1. The van der Waals surface area contributed by atoms with Gasteiger partial charge in [-0.15, -0.1) is 0 Å². The van der Waals surface area contributed by atoms with Crippen LogP contribution in [0.25, 0.3) is 0 Å². The number of nitrogens with one attached hydrogen (secondary N) is 1. The summed E-state index contributed by atoms with van der Waals surface area (Å²) in [6.45, 7) is 5.70. The Hall–Kier alpha value is -0.960. The number of benzene rings is 1. The van der Waals surface area contributed by atoms with Crippen molar-refractivity contribution in [1.29, 1.82) is 0 Å². The molecule has 0 saturated heterocycles. The van der Waals surface area contributed by atoms with Gasteiger partial charge in [-0.1, -0.05) is 26.2 Å². The lowest BCUT2D eigenvalue weighted by Gasteiger charge is -2.33. The Balaban J connectivity index is 2.08. The molecule has 2 rings (SSSR count). The van der Waals surface area contributed by atoms with Gasteiger partial charge in [0.15, 0.2) is 0 Å². The zero-order chi connectivity index (χ0) is 15.4. The number of hydrogen-bond donors (Lipinski definition) is 1. The molecule has 0 bridgehead atoms. The second-order valence-electron chi connectivity index (χ2n) is 6.42. The van der Waals surface area contributed by atoms with E-state index in [1.807, 2.05) is 6.92 Å². The molecular weight excluding hydrogens is 268 g/mol. The van der Waals surface area contributed by atoms with Crippen LogP contribution in [-0.2, 0) is 0 Å². The van der Waals surface area contributed by atoms with Gasteiger partial charge in [0.2, 0.25) is 0 Å². The Kier molecular flexibility index (Phi) is 5.74. The molecule has 21 heavy (non-hydrogen) atoms. The Labute approximate surface area is 127 Å². The third kappa shape index (κ3) is 4.03. The van der Waals surface area contributed by atoms with E-state index in [9.17, 15) is 8.78 Å². The highest BCUT2D eigenvalue weighted by Gasteiger charge is 2.24. The van der Waals surface area contributed by atoms with Gasteiger partial charge in [0, 0.05) is 17.6 Å². The average Bonchev–Trinajstić information content (AvgIpc) is 2.49. The van der Waals surface area contributed by atoms with E-state index in [-0.39, 0.29) is 17.7 Å². The molecule has 1 aliphatic rings. The van der Waals surface area contributed by atoms with E-state index >= 15 is 0 Å². The summed E-state index contributed by atoms with van der Waals surface area (Å²) in [4.78, 5) is 0. The molecule has 1 aromatic rings. The van der Waals surface area contributed by atoms with Crippen LogP contribution in [-0.4, -0.2) is 6.04 Å². The van der Waals surface area contributed by atoms with Crippen molar-refractivity contribution in [2.24, 2.45) is 5.92 Å². The fourth-order valence-corrected chi connectivity index (χ4v) is 3.53. The predicted molar refractivity (Wildman–Crippen MR) is 83.3 cm³/mol. The molecule has 1 saturated carbocycles. The lowest BCUT2D eigenvalue weighted by molar-refractivity contribution is 0.248. The normalized spacial score (nSPS) is 19.5. The van der Waals surface area contributed by atoms with E-state index in [1.54, 1.807) is 6.92 Å². The quantitative estimate of drug-likeness (QED) is 0.779. The standard InChI is InChI=1S/C18H27F2N/c1-4-18(14-8-6-5-7-9-14)21-13(3)15-11-16(19)12(2)10-17(15)20/h10-11,13-14,18,21H,4-9H2,1-3H3. The Morgan fingerprint density at radius 1 is 1.14 bits per heavy atom. The van der Waals surface area contributed by atoms with E-state index < -0.39 is 0 Å². The molecule has 3 heteroatoms. The first-order valence-electron chi connectivity index (χ1n) is 8.24. The van der Waals surface area contributed by atoms with Gasteiger partial charge in [0.1, 0.15) is 11.6 Å². The van der Waals surface area contributed by atoms with Crippen molar-refractivity contribution in [1.82, 2.24) is 5.32 Å². The SMILES string of the molecule is CCC(NC(C)c1cc(F)c(C)cc1F)C1CCCCC1. The summed E-state index contributed by atoms with van der Waals surface area (Å²) in [7, 11) is 0. The van der Waals surface area contributed by atoms with Gasteiger partial charge < -0.3 is 5.32 Å². The van der Waals surface area contributed by atoms with Crippen molar-refractivity contribution in [3.05, 3.63) is 34.9 Å². The molecule has 0 aromatic heterocycles. The first-order chi connectivity index (χ1) is 10.0. The van der Waals surface area contributed by atoms with E-state index in [0.717, 1.165) is 6.42 Å². The minimum Gasteiger partial charge on any atom is -0.307 e. The van der Waals surface area contributed by atoms with Crippen LogP contribution in [0.15, 0.2) is 12.1 Å². The van der Waals surface area contributed by atoms with Crippen molar-refractivity contribution in [2.75, 3.05) is 0 Å². The Morgan fingerprint density at radius 2 is 1.81 bits per heavy atom. The van der Waals surface area contributed by atoms with Crippen molar-refractivity contribution in [3.63, 3.8) is 0 Å². The molecule has 0 radical (unpaired) electrons. The van der Waals surface area contributed by atoms with Crippen LogP contribution in [0.5, 0.6) is 0 Å². The molecule has 2 unspecified atom stereocenters. The molecule has 1 fully saturated rings. The molecule has 1 nitrogen and oxygen atoms in total. The fourth-order valence-electron chi connectivity index (χ4n) is 3.53. The van der Waals surface area contributed by atoms with Crippen molar-refractivity contribution in [3.8, 4) is 0 Å². The van der Waals surface area contributed by atoms with Gasteiger partial charge in [-0.3, -0.25) is 0 Å². The van der Waals surface area contributed by atoms with Crippen molar-refractivity contribution in [2.45, 2.75) is 71.4 Å². The smallest absolute Gasteiger partial charge is 0.128 e. The monoisotopic (exact) mass is 295 g/mol. The highest BCUT2D eigenvalue weighted by atomic mass is 19.1. The highest BCUT2D eigenvalue weighted by molar-refractivity contribution is 5.27. The lowest BCUT2D eigenvalue weighted by atomic mass is 9.82. The third-order valence-corrected chi connectivity index (χ3v) is 4.87. The van der Waals surface area contributed by atoms with Crippen LogP contribution in [0.3, 0.4) is 0 Å². The van der Waals surface area contributed by atoms with E-state index in [2.05, 4.69) is 12.2 Å². The van der Waals surface area contributed by atoms with Gasteiger partial charge >= 0.3 is 0 Å². The lowest BCUT2D eigenvalue weighted by Crippen LogP contribution is -2.38. The summed E-state index contributed by atoms with van der Waals surface area (Å²) >= 11 is 0. The van der Waals surface area contributed by atoms with Crippen LogP contribution >= 0.6 is 0 Å². The summed E-state index contributed by atoms with van der Waals surface area (Å²) in [5, 5.41) is 3.53. The first kappa shape index (κ1) is 16.4. The zero-order valence-corrected chi connectivity index (χ0v) is 13.4. The largest absolute Gasteiger partial charge is 0.307 e. The molecule has 2 atom stereocenters. The zero-order valence-electron chi connectivity index (χ0n) is 13.4. The minimum atomic E-state index is -0.328. The number of rotatable bonds is 5. The average molecular weight is 295 g/mol. The summed E-state index contributed by atoms with van der Waals surface area (Å²) < 4.78 is 27.8. The first-order valence-corrected chi connectivity index (χ1v) is 8.24. The molecule has 0 spiro atoms. The maximum atomic E-state index is 14.1. The molecule has 0 amide bonds. The summed E-state index contributed by atoms with van der Waals surface area (Å²) in [6.07, 6.45) is 7.46. The Morgan fingerprint density at radius 3 is 2.43 bits per heavy atom. The van der Waals surface area contributed by atoms with Crippen molar-refractivity contribution < 1.29 is 8.78 Å². The van der Waals surface area contributed by atoms with Gasteiger partial charge in [0.25, 0.3) is 0 Å². The topological polar surface area (TPSA) is 12.0 Å². The maximum absolute atomic E-state index is 14.1. The van der Waals surface area contributed by atoms with Crippen LogP contribution < -0.4 is 5.32 Å². The Bertz CT molecular complexity index is 467. The van der Waals surface area contributed by atoms with E-state index in [1.165, 1.54) is 44.2 Å². The summed E-state index contributed by atoms with van der Waals surface area (Å²) in [5.41, 5.74) is 0.801. The second-order valence-corrected chi connectivity index (χ2v) is 6.42. The second kappa shape index (κ2) is 7.35. The van der Waals surface area contributed by atoms with Crippen molar-refractivity contribution >= 4 is 0 Å². The van der Waals surface area contributed by atoms with Gasteiger partial charge in [-0.2, -0.15) is 0 Å². The predicted octanol–water partition coefficient (Wildman–Crippen LogP) is 5.28. The summed E-state index contributed by atoms with van der Waals surface area (Å²) in [6, 6.07) is 2.87. The number of halogens is 2. The number of hydrogen-bond acceptors (Lipinski definition) is 1. The van der Waals surface area contributed by atoms with Crippen LogP contribution in [0.4, 0.5) is 8.78 Å². The van der Waals surface area contributed by atoms with Gasteiger partial charge in [-0.25, -0.2) is 8.78 Å². The maximum Gasteiger partial charge on any atom is 0.128 e. The minimum absolute atomic E-state index is 0.160. The fraction of sp³-hybridized carbons (Fsp3) is 0.667. The molecule has 1 N–H and O–H groups in total. The molecule has 118 valence electrons. The molecule has 1 aliphatic carbocycles. The van der Waals surface area contributed by atoms with E-state index in [0.29, 0.717) is 23.1 Å². The molecular formula is C18H27F2N. The van der Waals surface area contributed by atoms with Crippen LogP contribution in [0.2, 0.25) is 0 Å². The third-order valence-electron chi connectivity index (χ3n) is 4.87. The van der Waals surface area contributed by atoms with Gasteiger partial charge in [-0.05, 0) is 56.7 Å². The van der Waals surface area contributed by atoms with Crippen LogP contribution in [0.1, 0.15) is 69.5 Å². The highest BCUT2D eigenvalue weighted by Crippen LogP contribution is 2.30. The van der Waals surface area contributed by atoms with E-state index in [4.69, 9.17) is 0 Å². The summed E-state index contributed by atoms with van der Waals surface area (Å²) in [5.74, 6) is 0.0303. The van der Waals surface area contributed by atoms with Crippen LogP contribution in [0, 0.1) is 24.5 Å².